The van der Waals surface area contributed by atoms with Crippen LogP contribution in [-0.4, -0.2) is 91.0 Å². The molecule has 10 nitrogen and oxygen atoms in total. The molecule has 178 valence electrons. The van der Waals surface area contributed by atoms with Gasteiger partial charge in [-0.15, -0.1) is 0 Å². The van der Waals surface area contributed by atoms with E-state index in [4.69, 9.17) is 24.4 Å². The summed E-state index contributed by atoms with van der Waals surface area (Å²) < 4.78 is 27.0. The van der Waals surface area contributed by atoms with Crippen LogP contribution in [0.15, 0.2) is 12.7 Å². The van der Waals surface area contributed by atoms with Gasteiger partial charge >= 0.3 is 0 Å². The number of nitrogens with zero attached hydrogens (tertiary/aromatic N) is 5. The van der Waals surface area contributed by atoms with Crippen molar-refractivity contribution in [2.24, 2.45) is 0 Å². The van der Waals surface area contributed by atoms with Crippen molar-refractivity contribution in [1.29, 1.82) is 0 Å². The maximum Gasteiger partial charge on any atom is 0.192 e. The van der Waals surface area contributed by atoms with E-state index in [9.17, 15) is 0 Å². The molecular formula is C21H36N6O4Si. The molecule has 0 bridgehead atoms. The van der Waals surface area contributed by atoms with Gasteiger partial charge in [-0.05, 0) is 18.1 Å². The molecule has 2 unspecified atom stereocenters. The first kappa shape index (κ1) is 23.5. The molecule has 2 aliphatic heterocycles. The second kappa shape index (κ2) is 8.96. The summed E-state index contributed by atoms with van der Waals surface area (Å²) in [6.45, 7) is 15.2. The highest BCUT2D eigenvalue weighted by molar-refractivity contribution is 6.74. The van der Waals surface area contributed by atoms with Gasteiger partial charge in [0.25, 0.3) is 0 Å². The van der Waals surface area contributed by atoms with Crippen LogP contribution < -0.4 is 5.73 Å². The summed E-state index contributed by atoms with van der Waals surface area (Å²) in [5.74, 6) is 0.347. The van der Waals surface area contributed by atoms with Gasteiger partial charge in [0.05, 0.1) is 19.5 Å². The molecule has 0 amide bonds. The van der Waals surface area contributed by atoms with Gasteiger partial charge in [0, 0.05) is 26.7 Å². The van der Waals surface area contributed by atoms with Crippen LogP contribution in [0.3, 0.4) is 0 Å². The van der Waals surface area contributed by atoms with Gasteiger partial charge < -0.3 is 24.4 Å². The quantitative estimate of drug-likeness (QED) is 0.642. The van der Waals surface area contributed by atoms with E-state index >= 15 is 0 Å². The number of nitrogen functional groups attached to an aromatic ring is 1. The number of fused-ring (bicyclic) bond motifs is 1. The highest BCUT2D eigenvalue weighted by Gasteiger charge is 2.51. The Morgan fingerprint density at radius 2 is 1.88 bits per heavy atom. The maximum absolute atomic E-state index is 6.92. The summed E-state index contributed by atoms with van der Waals surface area (Å²) in [6, 6.07) is 0. The van der Waals surface area contributed by atoms with Crippen molar-refractivity contribution in [2.75, 3.05) is 45.7 Å². The Balaban J connectivity index is 1.68. The van der Waals surface area contributed by atoms with Crippen LogP contribution in [0.4, 0.5) is 5.82 Å². The number of anilines is 1. The van der Waals surface area contributed by atoms with E-state index in [-0.39, 0.29) is 23.4 Å². The smallest absolute Gasteiger partial charge is 0.192 e. The summed E-state index contributed by atoms with van der Waals surface area (Å²) >= 11 is 0. The standard InChI is InChI=1S/C21H36N6O4Si/c1-21(2,3)32(5,6)31-16-14(11-26-7-9-29-10-8-26)30-20(17(16)28-4)27-13-25-15-18(22)23-12-24-19(15)27/h12-14,16-17,20H,7-11H2,1-6H3,(H2,22,23,24)/t14-,16?,17?,20-/m1/s1. The second-order valence-corrected chi connectivity index (χ2v) is 14.9. The normalized spacial score (nSPS) is 27.9. The molecule has 2 aromatic rings. The fraction of sp³-hybridized carbons (Fsp3) is 0.762. The van der Waals surface area contributed by atoms with Gasteiger partial charge in [0.2, 0.25) is 0 Å². The van der Waals surface area contributed by atoms with Crippen LogP contribution in [0.25, 0.3) is 11.2 Å². The zero-order chi connectivity index (χ0) is 23.1. The lowest BCUT2D eigenvalue weighted by Crippen LogP contribution is -2.52. The molecule has 4 atom stereocenters. The molecule has 0 spiro atoms. The van der Waals surface area contributed by atoms with Crippen LogP contribution in [0.5, 0.6) is 0 Å². The van der Waals surface area contributed by atoms with Crippen molar-refractivity contribution in [2.45, 2.75) is 63.4 Å². The molecule has 0 radical (unpaired) electrons. The number of morpholine rings is 1. The average Bonchev–Trinajstić information content (AvgIpc) is 3.30. The first-order chi connectivity index (χ1) is 15.1. The lowest BCUT2D eigenvalue weighted by Gasteiger charge is -2.41. The predicted octanol–water partition coefficient (Wildman–Crippen LogP) is 2.04. The van der Waals surface area contributed by atoms with Crippen LogP contribution in [0, 0.1) is 0 Å². The number of hydrogen-bond acceptors (Lipinski definition) is 9. The van der Waals surface area contributed by atoms with Crippen molar-refractivity contribution in [3.63, 3.8) is 0 Å². The van der Waals surface area contributed by atoms with Crippen LogP contribution in [0.2, 0.25) is 18.1 Å². The minimum absolute atomic E-state index is 0.0657. The van der Waals surface area contributed by atoms with Crippen LogP contribution in [0.1, 0.15) is 27.0 Å². The Morgan fingerprint density at radius 1 is 1.16 bits per heavy atom. The monoisotopic (exact) mass is 464 g/mol. The molecule has 2 aliphatic rings. The molecule has 2 fully saturated rings. The number of imidazole rings is 1. The Hall–Kier alpha value is -1.63. The maximum atomic E-state index is 6.92. The largest absolute Gasteiger partial charge is 0.408 e. The summed E-state index contributed by atoms with van der Waals surface area (Å²) in [5, 5.41) is 0.0657. The SMILES string of the molecule is COC1C(O[Si](C)(C)C(C)(C)C)[C@@H](CN2CCOCC2)O[C@H]1n1cnc2c(N)ncnc21. The number of ether oxygens (including phenoxy) is 3. The lowest BCUT2D eigenvalue weighted by atomic mass is 10.1. The van der Waals surface area contributed by atoms with Crippen molar-refractivity contribution in [1.82, 2.24) is 24.4 Å². The van der Waals surface area contributed by atoms with Gasteiger partial charge in [-0.1, -0.05) is 20.8 Å². The number of hydrogen-bond donors (Lipinski definition) is 1. The summed E-state index contributed by atoms with van der Waals surface area (Å²) in [6.07, 6.45) is 2.02. The summed E-state index contributed by atoms with van der Waals surface area (Å²) in [5.41, 5.74) is 7.20. The van der Waals surface area contributed by atoms with Gasteiger partial charge in [-0.3, -0.25) is 9.47 Å². The molecule has 2 N–H and O–H groups in total. The molecule has 0 aliphatic carbocycles. The molecule has 32 heavy (non-hydrogen) atoms. The molecule has 2 aromatic heterocycles. The highest BCUT2D eigenvalue weighted by Crippen LogP contribution is 2.42. The fourth-order valence-electron chi connectivity index (χ4n) is 4.08. The number of rotatable bonds is 6. The van der Waals surface area contributed by atoms with Crippen molar-refractivity contribution < 1.29 is 18.6 Å². The molecular weight excluding hydrogens is 428 g/mol. The minimum atomic E-state index is -2.09. The number of nitrogens with two attached hydrogens (primary N) is 1. The van der Waals surface area contributed by atoms with E-state index in [1.165, 1.54) is 6.33 Å². The predicted molar refractivity (Wildman–Crippen MR) is 124 cm³/mol. The topological polar surface area (TPSA) is 110 Å². The number of methoxy groups -OCH3 is 1. The third kappa shape index (κ3) is 4.42. The molecule has 0 aromatic carbocycles. The summed E-state index contributed by atoms with van der Waals surface area (Å²) in [7, 11) is -0.375. The lowest BCUT2D eigenvalue weighted by molar-refractivity contribution is -0.0603. The van der Waals surface area contributed by atoms with E-state index in [0.29, 0.717) is 17.0 Å². The Morgan fingerprint density at radius 3 is 2.53 bits per heavy atom. The van der Waals surface area contributed by atoms with Crippen LogP contribution in [-0.2, 0) is 18.6 Å². The highest BCUT2D eigenvalue weighted by atomic mass is 28.4. The van der Waals surface area contributed by atoms with Crippen LogP contribution >= 0.6 is 0 Å². The number of aromatic nitrogens is 4. The second-order valence-electron chi connectivity index (χ2n) is 10.1. The molecule has 11 heteroatoms. The molecule has 4 rings (SSSR count). The van der Waals surface area contributed by atoms with Crippen molar-refractivity contribution in [3.05, 3.63) is 12.7 Å². The van der Waals surface area contributed by atoms with Gasteiger partial charge in [-0.2, -0.15) is 0 Å². The average molecular weight is 465 g/mol. The van der Waals surface area contributed by atoms with Crippen molar-refractivity contribution in [3.8, 4) is 0 Å². The van der Waals surface area contributed by atoms with E-state index in [0.717, 1.165) is 32.8 Å². The van der Waals surface area contributed by atoms with E-state index in [1.807, 2.05) is 4.57 Å². The van der Waals surface area contributed by atoms with Gasteiger partial charge in [-0.25, -0.2) is 15.0 Å². The Bertz CT molecular complexity index is 927. The first-order valence-corrected chi connectivity index (χ1v) is 14.1. The van der Waals surface area contributed by atoms with Gasteiger partial charge in [0.15, 0.2) is 26.0 Å². The first-order valence-electron chi connectivity index (χ1n) is 11.2. The Labute approximate surface area is 190 Å². The molecule has 0 saturated carbocycles. The van der Waals surface area contributed by atoms with Gasteiger partial charge in [0.1, 0.15) is 30.2 Å². The zero-order valence-electron chi connectivity index (χ0n) is 19.9. The molecule has 4 heterocycles. The van der Waals surface area contributed by atoms with E-state index in [1.54, 1.807) is 13.4 Å². The van der Waals surface area contributed by atoms with Crippen molar-refractivity contribution >= 4 is 25.3 Å². The Kier molecular flexibility index (Phi) is 6.58. The third-order valence-corrected chi connectivity index (χ3v) is 11.5. The van der Waals surface area contributed by atoms with E-state index in [2.05, 4.69) is 53.7 Å². The van der Waals surface area contributed by atoms with E-state index < -0.39 is 14.5 Å². The zero-order valence-corrected chi connectivity index (χ0v) is 20.9. The minimum Gasteiger partial charge on any atom is -0.408 e. The third-order valence-electron chi connectivity index (χ3n) is 7.00. The molecule has 2 saturated heterocycles. The summed E-state index contributed by atoms with van der Waals surface area (Å²) in [4.78, 5) is 15.3. The fourth-order valence-corrected chi connectivity index (χ4v) is 5.40.